The molecule has 0 unspecified atom stereocenters. The molecule has 1 saturated heterocycles. The van der Waals surface area contributed by atoms with Crippen molar-refractivity contribution in [1.29, 1.82) is 0 Å². The van der Waals surface area contributed by atoms with E-state index in [1.165, 1.54) is 6.33 Å². The van der Waals surface area contributed by atoms with Crippen LogP contribution < -0.4 is 10.6 Å². The highest BCUT2D eigenvalue weighted by Gasteiger charge is 2.28. The van der Waals surface area contributed by atoms with Gasteiger partial charge in [-0.2, -0.15) is 0 Å². The fraction of sp³-hybridized carbons (Fsp3) is 0.667. The van der Waals surface area contributed by atoms with E-state index in [9.17, 15) is 9.59 Å². The van der Waals surface area contributed by atoms with Crippen molar-refractivity contribution in [3.8, 4) is 0 Å². The zero-order valence-electron chi connectivity index (χ0n) is 16.3. The summed E-state index contributed by atoms with van der Waals surface area (Å²) in [6.45, 7) is 11.2. The van der Waals surface area contributed by atoms with Crippen molar-refractivity contribution in [3.63, 3.8) is 0 Å². The van der Waals surface area contributed by atoms with Gasteiger partial charge in [0.05, 0.1) is 0 Å². The average Bonchev–Trinajstić information content (AvgIpc) is 2.55. The summed E-state index contributed by atoms with van der Waals surface area (Å²) >= 11 is 0. The molecule has 0 spiro atoms. The van der Waals surface area contributed by atoms with E-state index in [1.54, 1.807) is 4.90 Å². The first-order valence-corrected chi connectivity index (χ1v) is 9.05. The molecular formula is C18H29N5O3. The number of carbonyl (C=O) groups is 2. The number of hydrogen-bond acceptors (Lipinski definition) is 6. The minimum Gasteiger partial charge on any atom is -0.444 e. The SMILES string of the molecule is CCNc1ncnc(C(=O)N2CCC(NC(=O)OC(C)(C)C)CC2)c1C. The number of aromatic nitrogens is 2. The molecule has 0 bridgehead atoms. The highest BCUT2D eigenvalue weighted by atomic mass is 16.6. The molecule has 8 heteroatoms. The van der Waals surface area contributed by atoms with Gasteiger partial charge in [0.1, 0.15) is 23.4 Å². The van der Waals surface area contributed by atoms with Crippen LogP contribution in [-0.2, 0) is 4.74 Å². The molecule has 2 heterocycles. The Morgan fingerprint density at radius 1 is 1.27 bits per heavy atom. The molecule has 2 amide bonds. The van der Waals surface area contributed by atoms with Gasteiger partial charge in [-0.3, -0.25) is 4.79 Å². The van der Waals surface area contributed by atoms with Crippen LogP contribution in [0.5, 0.6) is 0 Å². The van der Waals surface area contributed by atoms with E-state index in [2.05, 4.69) is 20.6 Å². The van der Waals surface area contributed by atoms with Crippen LogP contribution in [0.1, 0.15) is 56.6 Å². The van der Waals surface area contributed by atoms with Crippen LogP contribution in [0.4, 0.5) is 10.6 Å². The second-order valence-electron chi connectivity index (χ2n) is 7.44. The number of likely N-dealkylation sites (tertiary alicyclic amines) is 1. The molecule has 2 rings (SSSR count). The predicted molar refractivity (Wildman–Crippen MR) is 99.2 cm³/mol. The highest BCUT2D eigenvalue weighted by Crippen LogP contribution is 2.19. The summed E-state index contributed by atoms with van der Waals surface area (Å²) in [7, 11) is 0. The summed E-state index contributed by atoms with van der Waals surface area (Å²) < 4.78 is 5.28. The highest BCUT2D eigenvalue weighted by molar-refractivity contribution is 5.94. The number of hydrogen-bond donors (Lipinski definition) is 2. The summed E-state index contributed by atoms with van der Waals surface area (Å²) in [5.74, 6) is 0.590. The van der Waals surface area contributed by atoms with E-state index in [-0.39, 0.29) is 11.9 Å². The molecule has 8 nitrogen and oxygen atoms in total. The Balaban J connectivity index is 1.93. The zero-order chi connectivity index (χ0) is 19.3. The fourth-order valence-corrected chi connectivity index (χ4v) is 2.86. The normalized spacial score (nSPS) is 15.5. The minimum absolute atomic E-state index is 0.0118. The van der Waals surface area contributed by atoms with E-state index in [0.717, 1.165) is 12.1 Å². The third-order valence-corrected chi connectivity index (χ3v) is 4.13. The number of rotatable bonds is 4. The Bertz CT molecular complexity index is 649. The molecule has 1 fully saturated rings. The topological polar surface area (TPSA) is 96.5 Å². The van der Waals surface area contributed by atoms with Gasteiger partial charge in [0.25, 0.3) is 5.91 Å². The molecular weight excluding hydrogens is 334 g/mol. The average molecular weight is 363 g/mol. The number of alkyl carbamates (subject to hydrolysis) is 1. The second-order valence-corrected chi connectivity index (χ2v) is 7.44. The van der Waals surface area contributed by atoms with E-state index < -0.39 is 11.7 Å². The van der Waals surface area contributed by atoms with Crippen LogP contribution in [0, 0.1) is 6.92 Å². The molecule has 26 heavy (non-hydrogen) atoms. The van der Waals surface area contributed by atoms with Gasteiger partial charge in [-0.25, -0.2) is 14.8 Å². The first kappa shape index (κ1) is 19.9. The van der Waals surface area contributed by atoms with Gasteiger partial charge in [-0.15, -0.1) is 0 Å². The Morgan fingerprint density at radius 2 is 1.92 bits per heavy atom. The van der Waals surface area contributed by atoms with E-state index >= 15 is 0 Å². The van der Waals surface area contributed by atoms with Crippen molar-refractivity contribution in [2.75, 3.05) is 25.0 Å². The monoisotopic (exact) mass is 363 g/mol. The largest absolute Gasteiger partial charge is 0.444 e. The molecule has 0 aromatic carbocycles. The Labute approximate surface area is 154 Å². The number of nitrogens with zero attached hydrogens (tertiary/aromatic N) is 3. The Morgan fingerprint density at radius 3 is 2.50 bits per heavy atom. The number of ether oxygens (including phenoxy) is 1. The molecule has 0 atom stereocenters. The van der Waals surface area contributed by atoms with Crippen LogP contribution in [0.25, 0.3) is 0 Å². The van der Waals surface area contributed by atoms with Crippen molar-refractivity contribution in [1.82, 2.24) is 20.2 Å². The quantitative estimate of drug-likeness (QED) is 0.852. The first-order chi connectivity index (χ1) is 12.2. The van der Waals surface area contributed by atoms with Crippen LogP contribution in [0.2, 0.25) is 0 Å². The summed E-state index contributed by atoms with van der Waals surface area (Å²) in [5, 5.41) is 6.02. The van der Waals surface area contributed by atoms with Gasteiger partial charge in [-0.1, -0.05) is 0 Å². The van der Waals surface area contributed by atoms with Crippen molar-refractivity contribution in [2.24, 2.45) is 0 Å². The zero-order valence-corrected chi connectivity index (χ0v) is 16.3. The molecule has 2 N–H and O–H groups in total. The number of anilines is 1. The minimum atomic E-state index is -0.518. The molecule has 0 radical (unpaired) electrons. The lowest BCUT2D eigenvalue weighted by atomic mass is 10.0. The summed E-state index contributed by atoms with van der Waals surface area (Å²) in [6, 6.07) is 0.0118. The molecule has 1 aliphatic rings. The van der Waals surface area contributed by atoms with Gasteiger partial charge in [0, 0.05) is 31.2 Å². The summed E-state index contributed by atoms with van der Waals surface area (Å²) in [6.07, 6.45) is 2.38. The smallest absolute Gasteiger partial charge is 0.407 e. The van der Waals surface area contributed by atoms with Gasteiger partial charge >= 0.3 is 6.09 Å². The van der Waals surface area contributed by atoms with Gasteiger partial charge < -0.3 is 20.3 Å². The number of amides is 2. The van der Waals surface area contributed by atoms with Crippen LogP contribution in [0.3, 0.4) is 0 Å². The summed E-state index contributed by atoms with van der Waals surface area (Å²) in [5.41, 5.74) is 0.665. The van der Waals surface area contributed by atoms with Gasteiger partial charge in [0.2, 0.25) is 0 Å². The maximum Gasteiger partial charge on any atom is 0.407 e. The third-order valence-electron chi connectivity index (χ3n) is 4.13. The van der Waals surface area contributed by atoms with Crippen molar-refractivity contribution < 1.29 is 14.3 Å². The number of nitrogens with one attached hydrogen (secondary N) is 2. The van der Waals surface area contributed by atoms with Crippen LogP contribution >= 0.6 is 0 Å². The standard InChI is InChI=1S/C18H29N5O3/c1-6-19-15-12(2)14(20-11-21-15)16(24)23-9-7-13(8-10-23)22-17(25)26-18(3,4)5/h11,13H,6-10H2,1-5H3,(H,22,25)(H,19,20,21). The molecule has 1 aromatic rings. The lowest BCUT2D eigenvalue weighted by molar-refractivity contribution is 0.0473. The van der Waals surface area contributed by atoms with Crippen molar-refractivity contribution in [3.05, 3.63) is 17.6 Å². The van der Waals surface area contributed by atoms with Gasteiger partial charge in [-0.05, 0) is 47.5 Å². The number of carbonyl (C=O) groups excluding carboxylic acids is 2. The molecule has 1 aromatic heterocycles. The fourth-order valence-electron chi connectivity index (χ4n) is 2.86. The maximum absolute atomic E-state index is 12.8. The van der Waals surface area contributed by atoms with Crippen molar-refractivity contribution >= 4 is 17.8 Å². The van der Waals surface area contributed by atoms with Gasteiger partial charge in [0.15, 0.2) is 0 Å². The number of piperidine rings is 1. The van der Waals surface area contributed by atoms with Crippen LogP contribution in [-0.4, -0.2) is 58.1 Å². The lowest BCUT2D eigenvalue weighted by Gasteiger charge is -2.33. The van der Waals surface area contributed by atoms with E-state index in [1.807, 2.05) is 34.6 Å². The van der Waals surface area contributed by atoms with Crippen molar-refractivity contribution in [2.45, 2.75) is 59.1 Å². The predicted octanol–water partition coefficient (Wildman–Crippen LogP) is 2.35. The molecule has 144 valence electrons. The summed E-state index contributed by atoms with van der Waals surface area (Å²) in [4.78, 5) is 34.8. The second kappa shape index (κ2) is 8.33. The lowest BCUT2D eigenvalue weighted by Crippen LogP contribution is -2.47. The maximum atomic E-state index is 12.8. The Kier molecular flexibility index (Phi) is 6.39. The molecule has 1 aliphatic heterocycles. The first-order valence-electron chi connectivity index (χ1n) is 9.05. The van der Waals surface area contributed by atoms with E-state index in [0.29, 0.717) is 37.4 Å². The molecule has 0 saturated carbocycles. The third kappa shape index (κ3) is 5.31. The molecule has 0 aliphatic carbocycles. The van der Waals surface area contributed by atoms with E-state index in [4.69, 9.17) is 4.74 Å². The van der Waals surface area contributed by atoms with Crippen LogP contribution in [0.15, 0.2) is 6.33 Å². The Hall–Kier alpha value is -2.38.